The van der Waals surface area contributed by atoms with Gasteiger partial charge in [-0.05, 0) is 67.4 Å². The Balaban J connectivity index is 1.73. The Bertz CT molecular complexity index is 1150. The molecule has 0 fully saturated rings. The molecular formula is C23H20FN3O2S. The van der Waals surface area contributed by atoms with E-state index in [4.69, 9.17) is 4.42 Å². The predicted octanol–water partition coefficient (Wildman–Crippen LogP) is 5.95. The molecule has 4 aromatic rings. The number of halogens is 1. The van der Waals surface area contributed by atoms with Crippen LogP contribution in [0.25, 0.3) is 0 Å². The molecule has 0 aliphatic rings. The molecule has 0 radical (unpaired) electrons. The number of amides is 1. The van der Waals surface area contributed by atoms with Gasteiger partial charge in [-0.1, -0.05) is 12.1 Å². The second-order valence-corrected chi connectivity index (χ2v) is 8.18. The number of rotatable bonds is 6. The molecule has 1 atom stereocenters. The van der Waals surface area contributed by atoms with Gasteiger partial charge in [-0.2, -0.15) is 0 Å². The molecule has 3 aromatic heterocycles. The first-order valence-electron chi connectivity index (χ1n) is 9.39. The molecule has 0 aliphatic heterocycles. The topological polar surface area (TPSA) is 67.2 Å². The molecular weight excluding hydrogens is 401 g/mol. The maximum atomic E-state index is 13.5. The van der Waals surface area contributed by atoms with Gasteiger partial charge >= 0.3 is 0 Å². The summed E-state index contributed by atoms with van der Waals surface area (Å²) in [6, 6.07) is 15.1. The van der Waals surface area contributed by atoms with E-state index in [1.165, 1.54) is 29.7 Å². The number of aromatic nitrogens is 1. The largest absolute Gasteiger partial charge is 0.459 e. The Hall–Kier alpha value is -3.45. The summed E-state index contributed by atoms with van der Waals surface area (Å²) in [5, 5.41) is 7.07. The van der Waals surface area contributed by atoms with Crippen LogP contribution < -0.4 is 10.6 Å². The van der Waals surface area contributed by atoms with Gasteiger partial charge in [0.1, 0.15) is 16.6 Å². The van der Waals surface area contributed by atoms with Crippen LogP contribution in [0.1, 0.15) is 38.2 Å². The van der Waals surface area contributed by atoms with Crippen molar-refractivity contribution in [3.05, 3.63) is 100 Å². The molecule has 30 heavy (non-hydrogen) atoms. The molecule has 1 unspecified atom stereocenters. The van der Waals surface area contributed by atoms with Crippen LogP contribution in [0, 0.1) is 19.7 Å². The van der Waals surface area contributed by atoms with E-state index in [2.05, 4.69) is 15.6 Å². The molecule has 152 valence electrons. The zero-order valence-electron chi connectivity index (χ0n) is 16.5. The molecule has 2 N–H and O–H groups in total. The van der Waals surface area contributed by atoms with Crippen LogP contribution in [0.2, 0.25) is 0 Å². The minimum atomic E-state index is -0.336. The number of nitrogens with one attached hydrogen (secondary N) is 2. The van der Waals surface area contributed by atoms with E-state index in [9.17, 15) is 9.18 Å². The van der Waals surface area contributed by atoms with E-state index in [1.54, 1.807) is 30.5 Å². The zero-order chi connectivity index (χ0) is 21.1. The number of nitrogens with zero attached hydrogens (tertiary/aromatic N) is 1. The third-order valence-electron chi connectivity index (χ3n) is 4.58. The molecule has 1 aromatic carbocycles. The lowest BCUT2D eigenvalue weighted by Gasteiger charge is -2.21. The van der Waals surface area contributed by atoms with E-state index < -0.39 is 0 Å². The van der Waals surface area contributed by atoms with Gasteiger partial charge in [0.05, 0.1) is 12.3 Å². The molecule has 0 saturated carbocycles. The van der Waals surface area contributed by atoms with Gasteiger partial charge in [-0.3, -0.25) is 4.79 Å². The number of furan rings is 1. The highest BCUT2D eigenvalue weighted by Gasteiger charge is 2.23. The average molecular weight is 421 g/mol. The summed E-state index contributed by atoms with van der Waals surface area (Å²) in [6.07, 6.45) is 3.19. The first kappa shape index (κ1) is 19.8. The first-order valence-corrected chi connectivity index (χ1v) is 10.2. The van der Waals surface area contributed by atoms with E-state index >= 15 is 0 Å². The third-order valence-corrected chi connectivity index (χ3v) is 5.56. The van der Waals surface area contributed by atoms with Crippen LogP contribution in [0.5, 0.6) is 0 Å². The van der Waals surface area contributed by atoms with Crippen LogP contribution in [0.4, 0.5) is 15.2 Å². The fraction of sp³-hybridized carbons (Fsp3) is 0.130. The Morgan fingerprint density at radius 3 is 2.63 bits per heavy atom. The maximum Gasteiger partial charge on any atom is 0.291 e. The average Bonchev–Trinajstić information content (AvgIpc) is 3.37. The van der Waals surface area contributed by atoms with Crippen molar-refractivity contribution >= 4 is 28.1 Å². The van der Waals surface area contributed by atoms with Crippen molar-refractivity contribution in [2.24, 2.45) is 0 Å². The van der Waals surface area contributed by atoms with E-state index in [-0.39, 0.29) is 23.5 Å². The van der Waals surface area contributed by atoms with Crippen molar-refractivity contribution in [1.29, 1.82) is 0 Å². The SMILES string of the molecule is Cc1ccnc(NC(c2ccc(F)cc2)c2cc(C)sc2NC(=O)c2ccco2)c1. The van der Waals surface area contributed by atoms with Crippen LogP contribution in [-0.4, -0.2) is 10.9 Å². The van der Waals surface area contributed by atoms with Gasteiger partial charge in [-0.15, -0.1) is 11.3 Å². The van der Waals surface area contributed by atoms with E-state index in [0.29, 0.717) is 10.8 Å². The van der Waals surface area contributed by atoms with Gasteiger partial charge in [0, 0.05) is 16.6 Å². The lowest BCUT2D eigenvalue weighted by molar-refractivity contribution is 0.0997. The van der Waals surface area contributed by atoms with Crippen LogP contribution in [0.3, 0.4) is 0 Å². The number of anilines is 2. The van der Waals surface area contributed by atoms with Crippen molar-refractivity contribution in [3.8, 4) is 0 Å². The van der Waals surface area contributed by atoms with Gasteiger partial charge in [0.25, 0.3) is 5.91 Å². The van der Waals surface area contributed by atoms with Crippen LogP contribution >= 0.6 is 11.3 Å². The highest BCUT2D eigenvalue weighted by atomic mass is 32.1. The van der Waals surface area contributed by atoms with Gasteiger partial charge in [0.2, 0.25) is 0 Å². The quantitative estimate of drug-likeness (QED) is 0.404. The monoisotopic (exact) mass is 421 g/mol. The summed E-state index contributed by atoms with van der Waals surface area (Å²) >= 11 is 1.47. The standard InChI is InChI=1S/C23H20FN3O2S/c1-14-9-10-25-20(12-14)26-21(16-5-7-17(24)8-6-16)18-13-15(2)30-23(18)27-22(28)19-4-3-11-29-19/h3-13,21H,1-2H3,(H,25,26)(H,27,28). The van der Waals surface area contributed by atoms with Gasteiger partial charge in [-0.25, -0.2) is 9.37 Å². The molecule has 1 amide bonds. The van der Waals surface area contributed by atoms with E-state index in [1.807, 2.05) is 32.0 Å². The van der Waals surface area contributed by atoms with Crippen molar-refractivity contribution in [2.75, 3.05) is 10.6 Å². The summed E-state index contributed by atoms with van der Waals surface area (Å²) in [7, 11) is 0. The van der Waals surface area contributed by atoms with Crippen molar-refractivity contribution in [3.63, 3.8) is 0 Å². The summed E-state index contributed by atoms with van der Waals surface area (Å²) < 4.78 is 18.8. The number of benzene rings is 1. The van der Waals surface area contributed by atoms with E-state index in [0.717, 1.165) is 21.6 Å². The minimum absolute atomic E-state index is 0.235. The molecule has 0 aliphatic carbocycles. The fourth-order valence-corrected chi connectivity index (χ4v) is 4.12. The zero-order valence-corrected chi connectivity index (χ0v) is 17.3. The number of carbonyl (C=O) groups excluding carboxylic acids is 1. The number of aryl methyl sites for hydroxylation is 2. The van der Waals surface area contributed by atoms with Gasteiger partial charge in [0.15, 0.2) is 5.76 Å². The Labute approximate surface area is 177 Å². The normalized spacial score (nSPS) is 11.8. The molecule has 5 nitrogen and oxygen atoms in total. The second kappa shape index (κ2) is 8.51. The Kier molecular flexibility index (Phi) is 5.63. The summed E-state index contributed by atoms with van der Waals surface area (Å²) in [6.45, 7) is 3.97. The van der Waals surface area contributed by atoms with Crippen LogP contribution in [0.15, 0.2) is 71.5 Å². The molecule has 0 bridgehead atoms. The highest BCUT2D eigenvalue weighted by Crippen LogP contribution is 2.37. The molecule has 0 saturated heterocycles. The smallest absolute Gasteiger partial charge is 0.291 e. The fourth-order valence-electron chi connectivity index (χ4n) is 3.18. The summed E-state index contributed by atoms with van der Waals surface area (Å²) in [5.41, 5.74) is 2.79. The molecule has 7 heteroatoms. The van der Waals surface area contributed by atoms with Crippen LogP contribution in [-0.2, 0) is 0 Å². The molecule has 4 rings (SSSR count). The number of hydrogen-bond donors (Lipinski definition) is 2. The second-order valence-electron chi connectivity index (χ2n) is 6.92. The molecule has 0 spiro atoms. The summed E-state index contributed by atoms with van der Waals surface area (Å²) in [5.74, 6) is 0.295. The van der Waals surface area contributed by atoms with Crippen molar-refractivity contribution in [2.45, 2.75) is 19.9 Å². The third kappa shape index (κ3) is 4.41. The highest BCUT2D eigenvalue weighted by molar-refractivity contribution is 7.16. The predicted molar refractivity (Wildman–Crippen MR) is 117 cm³/mol. The number of thiophene rings is 1. The number of carbonyl (C=O) groups is 1. The Morgan fingerprint density at radius 1 is 1.13 bits per heavy atom. The number of pyridine rings is 1. The molecule has 3 heterocycles. The first-order chi connectivity index (χ1) is 14.5. The van der Waals surface area contributed by atoms with Crippen molar-refractivity contribution < 1.29 is 13.6 Å². The van der Waals surface area contributed by atoms with Gasteiger partial charge < -0.3 is 15.1 Å². The van der Waals surface area contributed by atoms with Crippen molar-refractivity contribution in [1.82, 2.24) is 4.98 Å². The lowest BCUT2D eigenvalue weighted by Crippen LogP contribution is -2.17. The summed E-state index contributed by atoms with van der Waals surface area (Å²) in [4.78, 5) is 18.0. The Morgan fingerprint density at radius 2 is 1.93 bits per heavy atom. The lowest BCUT2D eigenvalue weighted by atomic mass is 9.99. The maximum absolute atomic E-state index is 13.5. The minimum Gasteiger partial charge on any atom is -0.459 e. The number of hydrogen-bond acceptors (Lipinski definition) is 5.